The van der Waals surface area contributed by atoms with E-state index in [0.29, 0.717) is 43.3 Å². The van der Waals surface area contributed by atoms with Crippen molar-refractivity contribution in [2.75, 3.05) is 19.3 Å². The molecule has 1 unspecified atom stereocenters. The zero-order valence-electron chi connectivity index (χ0n) is 16.1. The molecule has 3 heterocycles. The van der Waals surface area contributed by atoms with Crippen LogP contribution in [0.25, 0.3) is 0 Å². The number of rotatable bonds is 5. The standard InChI is InChI=1S/C17H24N6O4S/c1-4-23-14(5-6-18-23)15(24)20-13-7-12-9-22(28(3,25)26)10-17(12,8-13)16-19-11(2)21-27-16/h5-6,12-13H,4,7-10H2,1-3H3,(H,20,24)/t12?,13-,17+/m1/s1. The zero-order valence-corrected chi connectivity index (χ0v) is 16.9. The number of amides is 1. The average Bonchev–Trinajstić information content (AvgIpc) is 3.34. The molecule has 1 aliphatic carbocycles. The highest BCUT2D eigenvalue weighted by Crippen LogP contribution is 2.50. The number of sulfonamides is 1. The minimum absolute atomic E-state index is 0.00320. The first-order chi connectivity index (χ1) is 13.2. The number of aromatic nitrogens is 4. The van der Waals surface area contributed by atoms with Crippen molar-refractivity contribution in [3.8, 4) is 0 Å². The van der Waals surface area contributed by atoms with E-state index in [1.165, 1.54) is 10.6 Å². The van der Waals surface area contributed by atoms with Crippen LogP contribution >= 0.6 is 0 Å². The van der Waals surface area contributed by atoms with Gasteiger partial charge in [-0.25, -0.2) is 12.7 Å². The first-order valence-electron chi connectivity index (χ1n) is 9.31. The number of carbonyl (C=O) groups is 1. The predicted octanol–water partition coefficient (Wildman–Crippen LogP) is 0.316. The van der Waals surface area contributed by atoms with E-state index < -0.39 is 15.4 Å². The Morgan fingerprint density at radius 2 is 2.25 bits per heavy atom. The zero-order chi connectivity index (χ0) is 20.1. The third-order valence-electron chi connectivity index (χ3n) is 5.85. The molecule has 1 saturated carbocycles. The molecule has 28 heavy (non-hydrogen) atoms. The molecule has 10 nitrogen and oxygen atoms in total. The minimum Gasteiger partial charge on any atom is -0.348 e. The van der Waals surface area contributed by atoms with E-state index in [-0.39, 0.29) is 24.4 Å². The van der Waals surface area contributed by atoms with Crippen molar-refractivity contribution in [3.05, 3.63) is 29.7 Å². The van der Waals surface area contributed by atoms with Gasteiger partial charge in [0.25, 0.3) is 5.91 Å². The Morgan fingerprint density at radius 1 is 1.46 bits per heavy atom. The second-order valence-electron chi connectivity index (χ2n) is 7.70. The van der Waals surface area contributed by atoms with E-state index in [2.05, 4.69) is 20.6 Å². The van der Waals surface area contributed by atoms with Gasteiger partial charge in [-0.3, -0.25) is 9.48 Å². The van der Waals surface area contributed by atoms with Gasteiger partial charge in [0.15, 0.2) is 5.82 Å². The lowest BCUT2D eigenvalue weighted by Gasteiger charge is -2.24. The average molecular weight is 408 g/mol. The van der Waals surface area contributed by atoms with Crippen molar-refractivity contribution in [1.29, 1.82) is 0 Å². The van der Waals surface area contributed by atoms with Crippen LogP contribution in [0.4, 0.5) is 0 Å². The molecule has 4 rings (SSSR count). The number of carbonyl (C=O) groups excluding carboxylic acids is 1. The fourth-order valence-corrected chi connectivity index (χ4v) is 5.47. The summed E-state index contributed by atoms with van der Waals surface area (Å²) in [7, 11) is -3.32. The van der Waals surface area contributed by atoms with Gasteiger partial charge >= 0.3 is 0 Å². The SMILES string of the molecule is CCn1nccc1C(=O)N[C@@H]1CC2CN(S(C)(=O)=O)C[C@@]2(c2nc(C)no2)C1. The van der Waals surface area contributed by atoms with E-state index in [4.69, 9.17) is 4.52 Å². The fraction of sp³-hybridized carbons (Fsp3) is 0.647. The van der Waals surface area contributed by atoms with Crippen LogP contribution in [0.1, 0.15) is 42.0 Å². The van der Waals surface area contributed by atoms with Crippen LogP contribution in [0, 0.1) is 12.8 Å². The fourth-order valence-electron chi connectivity index (χ4n) is 4.56. The molecule has 1 N–H and O–H groups in total. The monoisotopic (exact) mass is 408 g/mol. The second kappa shape index (κ2) is 6.66. The number of nitrogens with zero attached hydrogens (tertiary/aromatic N) is 5. The maximum atomic E-state index is 12.7. The van der Waals surface area contributed by atoms with Gasteiger partial charge in [0.1, 0.15) is 5.69 Å². The molecule has 0 aromatic carbocycles. The number of hydrogen-bond acceptors (Lipinski definition) is 7. The molecule has 1 amide bonds. The second-order valence-corrected chi connectivity index (χ2v) is 9.68. The Labute approximate surface area is 163 Å². The summed E-state index contributed by atoms with van der Waals surface area (Å²) < 4.78 is 32.8. The summed E-state index contributed by atoms with van der Waals surface area (Å²) in [6.07, 6.45) is 4.03. The van der Waals surface area contributed by atoms with Gasteiger partial charge in [0, 0.05) is 31.9 Å². The summed E-state index contributed by atoms with van der Waals surface area (Å²) in [6.45, 7) is 4.95. The molecule has 152 valence electrons. The summed E-state index contributed by atoms with van der Waals surface area (Å²) in [5, 5.41) is 11.1. The molecule has 2 aromatic heterocycles. The van der Waals surface area contributed by atoms with E-state index in [9.17, 15) is 13.2 Å². The third-order valence-corrected chi connectivity index (χ3v) is 7.07. The van der Waals surface area contributed by atoms with E-state index >= 15 is 0 Å². The van der Waals surface area contributed by atoms with Crippen LogP contribution in [0.15, 0.2) is 16.8 Å². The maximum Gasteiger partial charge on any atom is 0.269 e. The normalized spacial score (nSPS) is 27.8. The van der Waals surface area contributed by atoms with Crippen LogP contribution in [0.2, 0.25) is 0 Å². The Morgan fingerprint density at radius 3 is 2.89 bits per heavy atom. The molecule has 3 atom stereocenters. The lowest BCUT2D eigenvalue weighted by atomic mass is 9.80. The number of hydrogen-bond donors (Lipinski definition) is 1. The highest BCUT2D eigenvalue weighted by molar-refractivity contribution is 7.88. The highest BCUT2D eigenvalue weighted by atomic mass is 32.2. The van der Waals surface area contributed by atoms with Gasteiger partial charge in [0.2, 0.25) is 15.9 Å². The van der Waals surface area contributed by atoms with Gasteiger partial charge in [-0.1, -0.05) is 5.16 Å². The molecular weight excluding hydrogens is 384 g/mol. The molecule has 1 saturated heterocycles. The summed E-state index contributed by atoms with van der Waals surface area (Å²) in [4.78, 5) is 17.1. The molecule has 1 aliphatic heterocycles. The highest BCUT2D eigenvalue weighted by Gasteiger charge is 2.59. The number of fused-ring (bicyclic) bond motifs is 1. The third kappa shape index (κ3) is 3.12. The first-order valence-corrected chi connectivity index (χ1v) is 11.2. The molecule has 0 spiro atoms. The first kappa shape index (κ1) is 19.1. The minimum atomic E-state index is -3.32. The van der Waals surface area contributed by atoms with Crippen molar-refractivity contribution in [2.24, 2.45) is 5.92 Å². The molecule has 2 fully saturated rings. The maximum absolute atomic E-state index is 12.7. The van der Waals surface area contributed by atoms with Crippen LogP contribution in [-0.2, 0) is 22.0 Å². The Hall–Kier alpha value is -2.27. The van der Waals surface area contributed by atoms with E-state index in [0.717, 1.165) is 0 Å². The largest absolute Gasteiger partial charge is 0.348 e. The van der Waals surface area contributed by atoms with Crippen molar-refractivity contribution in [3.63, 3.8) is 0 Å². The van der Waals surface area contributed by atoms with Crippen molar-refractivity contribution in [2.45, 2.75) is 44.7 Å². The van der Waals surface area contributed by atoms with Gasteiger partial charge in [-0.05, 0) is 38.7 Å². The molecule has 11 heteroatoms. The topological polar surface area (TPSA) is 123 Å². The van der Waals surface area contributed by atoms with Crippen LogP contribution in [0.3, 0.4) is 0 Å². The number of aryl methyl sites for hydroxylation is 2. The molecule has 0 bridgehead atoms. The number of nitrogens with one attached hydrogen (secondary N) is 1. The van der Waals surface area contributed by atoms with Gasteiger partial charge < -0.3 is 9.84 Å². The summed E-state index contributed by atoms with van der Waals surface area (Å²) in [6, 6.07) is 1.59. The molecule has 0 radical (unpaired) electrons. The quantitative estimate of drug-likeness (QED) is 0.755. The van der Waals surface area contributed by atoms with Crippen molar-refractivity contribution >= 4 is 15.9 Å². The molecule has 2 aliphatic rings. The summed E-state index contributed by atoms with van der Waals surface area (Å²) >= 11 is 0. The van der Waals surface area contributed by atoms with Gasteiger partial charge in [-0.2, -0.15) is 10.1 Å². The molecular formula is C17H24N6O4S. The van der Waals surface area contributed by atoms with Crippen LogP contribution in [0.5, 0.6) is 0 Å². The summed E-state index contributed by atoms with van der Waals surface area (Å²) in [5.41, 5.74) is -0.0622. The Balaban J connectivity index is 1.58. The molecule has 2 aromatic rings. The Bertz CT molecular complexity index is 999. The van der Waals surface area contributed by atoms with Gasteiger partial charge in [-0.15, -0.1) is 0 Å². The summed E-state index contributed by atoms with van der Waals surface area (Å²) in [5.74, 6) is 0.793. The lowest BCUT2D eigenvalue weighted by molar-refractivity contribution is 0.0924. The van der Waals surface area contributed by atoms with Gasteiger partial charge in [0.05, 0.1) is 11.7 Å². The van der Waals surface area contributed by atoms with Crippen LogP contribution in [-0.4, -0.2) is 63.9 Å². The predicted molar refractivity (Wildman–Crippen MR) is 99.0 cm³/mol. The van der Waals surface area contributed by atoms with Crippen molar-refractivity contribution < 1.29 is 17.7 Å². The Kier molecular flexibility index (Phi) is 4.53. The smallest absolute Gasteiger partial charge is 0.269 e. The van der Waals surface area contributed by atoms with Crippen LogP contribution < -0.4 is 5.32 Å². The van der Waals surface area contributed by atoms with Crippen molar-refractivity contribution in [1.82, 2.24) is 29.5 Å². The van der Waals surface area contributed by atoms with E-state index in [1.54, 1.807) is 23.9 Å². The lowest BCUT2D eigenvalue weighted by Crippen LogP contribution is -2.39. The van der Waals surface area contributed by atoms with E-state index in [1.807, 2.05) is 6.92 Å².